The normalized spacial score (nSPS) is 11.7. The fourth-order valence-electron chi connectivity index (χ4n) is 1.88. The highest BCUT2D eigenvalue weighted by Crippen LogP contribution is 2.13. The van der Waals surface area contributed by atoms with E-state index in [1.165, 1.54) is 0 Å². The lowest BCUT2D eigenvalue weighted by atomic mass is 10.2. The highest BCUT2D eigenvalue weighted by molar-refractivity contribution is 5.92. The summed E-state index contributed by atoms with van der Waals surface area (Å²) in [6, 6.07) is 15.6. The van der Waals surface area contributed by atoms with Gasteiger partial charge in [0.1, 0.15) is 5.69 Å². The third kappa shape index (κ3) is 3.57. The molecule has 0 radical (unpaired) electrons. The van der Waals surface area contributed by atoms with E-state index in [1.54, 1.807) is 24.4 Å². The molecule has 2 aromatic rings. The summed E-state index contributed by atoms with van der Waals surface area (Å²) in [6.07, 6.45) is 1.62. The van der Waals surface area contributed by atoms with Crippen LogP contribution in [0, 0.1) is 0 Å². The number of anilines is 1. The molecule has 2 rings (SSSR count). The van der Waals surface area contributed by atoms with Crippen LogP contribution < -0.4 is 10.2 Å². The highest BCUT2D eigenvalue weighted by atomic mass is 16.1. The SMILES string of the molecule is C[C@H](CNC(=O)c1ccccn1)N(C)c1ccccc1. The van der Waals surface area contributed by atoms with E-state index in [9.17, 15) is 4.79 Å². The molecular weight excluding hydrogens is 250 g/mol. The maximum atomic E-state index is 11.9. The molecule has 1 aromatic carbocycles. The minimum atomic E-state index is -0.140. The van der Waals surface area contributed by atoms with Gasteiger partial charge in [0, 0.05) is 31.5 Å². The molecule has 0 aliphatic carbocycles. The number of nitrogens with zero attached hydrogens (tertiary/aromatic N) is 2. The minimum absolute atomic E-state index is 0.140. The van der Waals surface area contributed by atoms with Crippen molar-refractivity contribution in [2.75, 3.05) is 18.5 Å². The molecule has 4 nitrogen and oxygen atoms in total. The van der Waals surface area contributed by atoms with E-state index < -0.39 is 0 Å². The van der Waals surface area contributed by atoms with E-state index in [0.717, 1.165) is 5.69 Å². The number of hydrogen-bond donors (Lipinski definition) is 1. The number of para-hydroxylation sites is 1. The van der Waals surface area contributed by atoms with Gasteiger partial charge in [0.05, 0.1) is 0 Å². The lowest BCUT2D eigenvalue weighted by molar-refractivity contribution is 0.0946. The first kappa shape index (κ1) is 14.1. The second kappa shape index (κ2) is 6.70. The molecule has 0 spiro atoms. The van der Waals surface area contributed by atoms with E-state index in [4.69, 9.17) is 0 Å². The number of likely N-dealkylation sites (N-methyl/N-ethyl adjacent to an activating group) is 1. The summed E-state index contributed by atoms with van der Waals surface area (Å²) in [5.74, 6) is -0.140. The summed E-state index contributed by atoms with van der Waals surface area (Å²) >= 11 is 0. The molecule has 1 amide bonds. The maximum Gasteiger partial charge on any atom is 0.269 e. The third-order valence-corrected chi connectivity index (χ3v) is 3.28. The number of benzene rings is 1. The number of aromatic nitrogens is 1. The van der Waals surface area contributed by atoms with E-state index in [2.05, 4.69) is 34.3 Å². The van der Waals surface area contributed by atoms with Gasteiger partial charge in [-0.3, -0.25) is 9.78 Å². The quantitative estimate of drug-likeness (QED) is 0.906. The minimum Gasteiger partial charge on any atom is -0.370 e. The molecule has 104 valence electrons. The van der Waals surface area contributed by atoms with Gasteiger partial charge >= 0.3 is 0 Å². The largest absolute Gasteiger partial charge is 0.370 e. The van der Waals surface area contributed by atoms with Gasteiger partial charge in [-0.1, -0.05) is 24.3 Å². The molecular formula is C16H19N3O. The maximum absolute atomic E-state index is 11.9. The van der Waals surface area contributed by atoms with Gasteiger partial charge in [-0.2, -0.15) is 0 Å². The molecule has 20 heavy (non-hydrogen) atoms. The van der Waals surface area contributed by atoms with E-state index in [0.29, 0.717) is 12.2 Å². The van der Waals surface area contributed by atoms with Crippen LogP contribution in [-0.2, 0) is 0 Å². The summed E-state index contributed by atoms with van der Waals surface area (Å²) in [7, 11) is 2.02. The van der Waals surface area contributed by atoms with Gasteiger partial charge in [0.2, 0.25) is 0 Å². The third-order valence-electron chi connectivity index (χ3n) is 3.28. The Morgan fingerprint density at radius 1 is 1.20 bits per heavy atom. The molecule has 1 heterocycles. The van der Waals surface area contributed by atoms with Gasteiger partial charge in [0.15, 0.2) is 0 Å². The lowest BCUT2D eigenvalue weighted by Crippen LogP contribution is -2.40. The van der Waals surface area contributed by atoms with Crippen molar-refractivity contribution >= 4 is 11.6 Å². The summed E-state index contributed by atoms with van der Waals surface area (Å²) in [5.41, 5.74) is 1.58. The van der Waals surface area contributed by atoms with Crippen molar-refractivity contribution in [3.05, 3.63) is 60.4 Å². The number of carbonyl (C=O) groups excluding carboxylic acids is 1. The Kier molecular flexibility index (Phi) is 4.71. The first-order chi connectivity index (χ1) is 9.68. The number of amides is 1. The summed E-state index contributed by atoms with van der Waals surface area (Å²) < 4.78 is 0. The van der Waals surface area contributed by atoms with Gasteiger partial charge in [-0.05, 0) is 31.2 Å². The second-order valence-electron chi connectivity index (χ2n) is 4.72. The molecule has 0 fully saturated rings. The zero-order valence-corrected chi connectivity index (χ0v) is 11.8. The molecule has 0 saturated carbocycles. The van der Waals surface area contributed by atoms with Crippen LogP contribution in [0.15, 0.2) is 54.7 Å². The lowest BCUT2D eigenvalue weighted by Gasteiger charge is -2.27. The Morgan fingerprint density at radius 3 is 2.55 bits per heavy atom. The Bertz CT molecular complexity index is 542. The zero-order valence-electron chi connectivity index (χ0n) is 11.8. The fraction of sp³-hybridized carbons (Fsp3) is 0.250. The van der Waals surface area contributed by atoms with Crippen LogP contribution in [0.1, 0.15) is 17.4 Å². The van der Waals surface area contributed by atoms with E-state index in [1.807, 2.05) is 25.2 Å². The van der Waals surface area contributed by atoms with Crippen molar-refractivity contribution < 1.29 is 4.79 Å². The van der Waals surface area contributed by atoms with Crippen LogP contribution in [0.3, 0.4) is 0 Å². The molecule has 0 saturated heterocycles. The van der Waals surface area contributed by atoms with Gasteiger partial charge in [-0.15, -0.1) is 0 Å². The van der Waals surface area contributed by atoms with Crippen LogP contribution in [0.5, 0.6) is 0 Å². The molecule has 0 bridgehead atoms. The Morgan fingerprint density at radius 2 is 1.90 bits per heavy atom. The monoisotopic (exact) mass is 269 g/mol. The number of hydrogen-bond acceptors (Lipinski definition) is 3. The topological polar surface area (TPSA) is 45.2 Å². The van der Waals surface area contributed by atoms with Crippen molar-refractivity contribution in [3.8, 4) is 0 Å². The van der Waals surface area contributed by atoms with Crippen LogP contribution in [0.4, 0.5) is 5.69 Å². The van der Waals surface area contributed by atoms with Crippen molar-refractivity contribution in [1.29, 1.82) is 0 Å². The summed E-state index contributed by atoms with van der Waals surface area (Å²) in [6.45, 7) is 2.65. The number of carbonyl (C=O) groups is 1. The molecule has 1 atom stereocenters. The standard InChI is InChI=1S/C16H19N3O/c1-13(19(2)14-8-4-3-5-9-14)12-18-16(20)15-10-6-7-11-17-15/h3-11,13H,12H2,1-2H3,(H,18,20)/t13-/m1/s1. The second-order valence-corrected chi connectivity index (χ2v) is 4.72. The molecule has 0 aliphatic heterocycles. The average molecular weight is 269 g/mol. The van der Waals surface area contributed by atoms with Crippen LogP contribution >= 0.6 is 0 Å². The Labute approximate surface area is 119 Å². The smallest absolute Gasteiger partial charge is 0.269 e. The highest BCUT2D eigenvalue weighted by Gasteiger charge is 2.12. The summed E-state index contributed by atoms with van der Waals surface area (Å²) in [4.78, 5) is 18.1. The number of nitrogens with one attached hydrogen (secondary N) is 1. The molecule has 0 aliphatic rings. The molecule has 1 aromatic heterocycles. The Hall–Kier alpha value is -2.36. The molecule has 4 heteroatoms. The van der Waals surface area contributed by atoms with Crippen molar-refractivity contribution in [2.45, 2.75) is 13.0 Å². The predicted molar refractivity (Wildman–Crippen MR) is 80.9 cm³/mol. The van der Waals surface area contributed by atoms with Gasteiger partial charge < -0.3 is 10.2 Å². The van der Waals surface area contributed by atoms with Crippen molar-refractivity contribution in [1.82, 2.24) is 10.3 Å². The fourth-order valence-corrected chi connectivity index (χ4v) is 1.88. The van der Waals surface area contributed by atoms with Gasteiger partial charge in [0.25, 0.3) is 5.91 Å². The summed E-state index contributed by atoms with van der Waals surface area (Å²) in [5, 5.41) is 2.91. The first-order valence-corrected chi connectivity index (χ1v) is 6.65. The van der Waals surface area contributed by atoms with Crippen molar-refractivity contribution in [2.24, 2.45) is 0 Å². The van der Waals surface area contributed by atoms with Crippen LogP contribution in [0.2, 0.25) is 0 Å². The van der Waals surface area contributed by atoms with Crippen LogP contribution in [0.25, 0.3) is 0 Å². The number of pyridine rings is 1. The van der Waals surface area contributed by atoms with Crippen molar-refractivity contribution in [3.63, 3.8) is 0 Å². The Balaban J connectivity index is 1.89. The predicted octanol–water partition coefficient (Wildman–Crippen LogP) is 2.34. The first-order valence-electron chi connectivity index (χ1n) is 6.65. The molecule has 1 N–H and O–H groups in total. The zero-order chi connectivity index (χ0) is 14.4. The number of rotatable bonds is 5. The molecule has 0 unspecified atom stereocenters. The van der Waals surface area contributed by atoms with Crippen LogP contribution in [-0.4, -0.2) is 30.5 Å². The van der Waals surface area contributed by atoms with E-state index >= 15 is 0 Å². The van der Waals surface area contributed by atoms with Gasteiger partial charge in [-0.25, -0.2) is 0 Å². The van der Waals surface area contributed by atoms with E-state index in [-0.39, 0.29) is 11.9 Å². The average Bonchev–Trinajstić information content (AvgIpc) is 2.53.